The van der Waals surface area contributed by atoms with Crippen LogP contribution in [0.25, 0.3) is 0 Å². The third kappa shape index (κ3) is 16000. The summed E-state index contributed by atoms with van der Waals surface area (Å²) >= 11 is 1.17. The van der Waals surface area contributed by atoms with Crippen LogP contribution in [0.3, 0.4) is 0 Å². The molecule has 5 heteroatoms. The summed E-state index contributed by atoms with van der Waals surface area (Å²) in [5.74, 6) is 0. The molecule has 0 aromatic carbocycles. The molecule has 0 aliphatic carbocycles. The molecular formula is C18H58Al2O3. The summed E-state index contributed by atoms with van der Waals surface area (Å²) in [6.45, 7) is 36.0. The van der Waals surface area contributed by atoms with Crippen LogP contribution in [0, 0.1) is 0 Å². The van der Waals surface area contributed by atoms with E-state index in [1.165, 1.54) is 16.2 Å². The molecule has 4 N–H and O–H groups in total. The van der Waals surface area contributed by atoms with Crippen molar-refractivity contribution < 1.29 is 14.8 Å². The van der Waals surface area contributed by atoms with Crippen molar-refractivity contribution in [2.24, 2.45) is 0 Å². The topological polar surface area (TPSA) is 80.1 Å². The van der Waals surface area contributed by atoms with Crippen LogP contribution in [0.1, 0.15) is 125 Å². The molecular weight excluding hydrogens is 318 g/mol. The quantitative estimate of drug-likeness (QED) is 0.433. The fraction of sp³-hybridized carbons (Fsp3) is 1.00. The molecule has 0 aromatic rings. The van der Waals surface area contributed by atoms with E-state index in [0.717, 1.165) is 0 Å². The van der Waals surface area contributed by atoms with Gasteiger partial charge in [0.1, 0.15) is 0 Å². The molecule has 0 amide bonds. The Morgan fingerprint density at radius 3 is 0.304 bits per heavy atom. The molecule has 3 nitrogen and oxygen atoms in total. The summed E-state index contributed by atoms with van der Waals surface area (Å²) in [6.07, 6.45) is 0. The van der Waals surface area contributed by atoms with E-state index < -0.39 is 0 Å². The first-order valence-corrected chi connectivity index (χ1v) is 9.71. The van der Waals surface area contributed by atoms with E-state index in [9.17, 15) is 0 Å². The zero-order chi connectivity index (χ0) is 20.0. The molecule has 0 saturated carbocycles. The molecule has 23 heavy (non-hydrogen) atoms. The van der Waals surface area contributed by atoms with Crippen molar-refractivity contribution in [1.82, 2.24) is 0 Å². The molecule has 0 unspecified atom stereocenters. The van der Waals surface area contributed by atoms with Gasteiger partial charge in [-0.25, -0.2) is 0 Å². The Morgan fingerprint density at radius 2 is 0.304 bits per heavy atom. The average molecular weight is 377 g/mol. The second kappa shape index (κ2) is 17600. The van der Waals surface area contributed by atoms with Gasteiger partial charge in [0.05, 0.1) is 0 Å². The van der Waals surface area contributed by atoms with Gasteiger partial charge < -0.3 is 11.0 Å². The molecule has 154 valence electrons. The van der Waals surface area contributed by atoms with Crippen molar-refractivity contribution in [3.05, 3.63) is 0 Å². The minimum atomic E-state index is 0. The van der Waals surface area contributed by atoms with E-state index in [-0.39, 0.29) is 28.3 Å². The zero-order valence-electron chi connectivity index (χ0n) is 20.6. The summed E-state index contributed by atoms with van der Waals surface area (Å²) in [5.41, 5.74) is 0. The van der Waals surface area contributed by atoms with Gasteiger partial charge in [-0.3, -0.25) is 0 Å². The molecule has 0 aliphatic rings. The summed E-state index contributed by atoms with van der Waals surface area (Å²) in [4.78, 5) is 0. The molecule has 0 rings (SSSR count). The van der Waals surface area contributed by atoms with Crippen molar-refractivity contribution in [1.29, 1.82) is 0 Å². The van der Waals surface area contributed by atoms with Crippen LogP contribution in [0.4, 0.5) is 0 Å². The second-order valence-electron chi connectivity index (χ2n) is 0. The molecule has 0 saturated heterocycles. The van der Waals surface area contributed by atoms with Crippen molar-refractivity contribution in [2.75, 3.05) is 0 Å². The number of hydrogen-bond donors (Lipinski definition) is 0. The maximum absolute atomic E-state index is 8.17. The maximum atomic E-state index is 8.17. The predicted octanol–water partition coefficient (Wildman–Crippen LogP) is 6.71. The molecule has 0 bridgehead atoms. The first kappa shape index (κ1) is 106. The van der Waals surface area contributed by atoms with Crippen molar-refractivity contribution in [3.63, 3.8) is 0 Å². The molecule has 0 aliphatic heterocycles. The van der Waals surface area contributed by atoms with Crippen LogP contribution in [0.15, 0.2) is 0 Å². The van der Waals surface area contributed by atoms with Gasteiger partial charge in [0.25, 0.3) is 0 Å². The van der Waals surface area contributed by atoms with E-state index in [1.54, 1.807) is 0 Å². The van der Waals surface area contributed by atoms with Crippen molar-refractivity contribution >= 4 is 33.6 Å². The first-order chi connectivity index (χ1) is 10.0. The predicted molar refractivity (Wildman–Crippen MR) is 122 cm³/mol. The molecule has 0 fully saturated rings. The number of rotatable bonds is 0. The van der Waals surface area contributed by atoms with Crippen LogP contribution in [-0.4, -0.2) is 44.5 Å². The SMILES string of the molecule is CC.CC.CC.CC.CC.CC.CC.CC.CC.O.O.[Al].[O]=[Al]. The van der Waals surface area contributed by atoms with Crippen molar-refractivity contribution in [3.8, 4) is 0 Å². The van der Waals surface area contributed by atoms with Crippen LogP contribution >= 0.6 is 0 Å². The van der Waals surface area contributed by atoms with Gasteiger partial charge in [0.15, 0.2) is 0 Å². The van der Waals surface area contributed by atoms with Gasteiger partial charge in [0, 0.05) is 17.4 Å². The van der Waals surface area contributed by atoms with Gasteiger partial charge >= 0.3 is 20.0 Å². The minimum absolute atomic E-state index is 0. The third-order valence-electron chi connectivity index (χ3n) is 0. The van der Waals surface area contributed by atoms with Crippen LogP contribution in [-0.2, 0) is 3.80 Å². The van der Waals surface area contributed by atoms with Crippen LogP contribution < -0.4 is 0 Å². The van der Waals surface area contributed by atoms with Gasteiger partial charge in [-0.1, -0.05) is 125 Å². The number of hydrogen-bond acceptors (Lipinski definition) is 1. The van der Waals surface area contributed by atoms with E-state index in [4.69, 9.17) is 3.80 Å². The normalized spacial score (nSPS) is 2.48. The Morgan fingerprint density at radius 1 is 0.304 bits per heavy atom. The standard InChI is InChI=1S/9C2H6.2Al.2H2O.O/c9*1-2;;;;;/h9*1-2H3;;;2*1H2;. The van der Waals surface area contributed by atoms with Gasteiger partial charge in [-0.2, -0.15) is 0 Å². The fourth-order valence-electron chi connectivity index (χ4n) is 0. The van der Waals surface area contributed by atoms with E-state index in [0.29, 0.717) is 0 Å². The fourth-order valence-corrected chi connectivity index (χ4v) is 0. The van der Waals surface area contributed by atoms with E-state index in [2.05, 4.69) is 0 Å². The Hall–Kier alpha value is 0.785. The van der Waals surface area contributed by atoms with Gasteiger partial charge in [-0.15, -0.1) is 0 Å². The average Bonchev–Trinajstić information content (AvgIpc) is 2.71. The Kier molecular flexibility index (Phi) is 81000. The Labute approximate surface area is 172 Å². The molecule has 0 spiro atoms. The van der Waals surface area contributed by atoms with Gasteiger partial charge in [0.2, 0.25) is 0 Å². The molecule has 4 radical (unpaired) electrons. The summed E-state index contributed by atoms with van der Waals surface area (Å²) in [5, 5.41) is 0. The molecule has 0 aromatic heterocycles. The van der Waals surface area contributed by atoms with Crippen molar-refractivity contribution in [2.45, 2.75) is 125 Å². The van der Waals surface area contributed by atoms with Crippen LogP contribution in [0.2, 0.25) is 0 Å². The van der Waals surface area contributed by atoms with Gasteiger partial charge in [-0.05, 0) is 0 Å². The van der Waals surface area contributed by atoms with Crippen LogP contribution in [0.5, 0.6) is 0 Å². The third-order valence-corrected chi connectivity index (χ3v) is 0. The summed E-state index contributed by atoms with van der Waals surface area (Å²) in [7, 11) is 0. The molecule has 0 heterocycles. The second-order valence-corrected chi connectivity index (χ2v) is 0. The molecule has 0 atom stereocenters. The van der Waals surface area contributed by atoms with E-state index >= 15 is 0 Å². The summed E-state index contributed by atoms with van der Waals surface area (Å²) < 4.78 is 8.17. The Bertz CT molecular complexity index is 22.2. The van der Waals surface area contributed by atoms with E-state index in [1.807, 2.05) is 125 Å². The Balaban J connectivity index is -0.00000000433. The zero-order valence-corrected chi connectivity index (χ0v) is 22.9. The summed E-state index contributed by atoms with van der Waals surface area (Å²) in [6, 6.07) is 0. The first-order valence-electron chi connectivity index (χ1n) is 9.24. The monoisotopic (exact) mass is 376 g/mol.